The monoisotopic (exact) mass is 307 g/mol. The molecule has 1 aliphatic rings. The van der Waals surface area contributed by atoms with E-state index in [0.29, 0.717) is 13.0 Å². The maximum absolute atomic E-state index is 13.7. The summed E-state index contributed by atoms with van der Waals surface area (Å²) in [5.74, 6) is -1.27. The molecule has 0 aromatic heterocycles. The molecule has 19 heavy (non-hydrogen) atoms. The van der Waals surface area contributed by atoms with E-state index in [4.69, 9.17) is 15.4 Å². The molecule has 0 radical (unpaired) electrons. The Labute approximate surface area is 114 Å². The van der Waals surface area contributed by atoms with Crippen molar-refractivity contribution in [1.82, 2.24) is 4.90 Å². The van der Waals surface area contributed by atoms with Gasteiger partial charge in [-0.2, -0.15) is 0 Å². The van der Waals surface area contributed by atoms with E-state index in [-0.39, 0.29) is 16.6 Å². The van der Waals surface area contributed by atoms with Crippen molar-refractivity contribution in [2.24, 2.45) is 0 Å². The molecule has 104 valence electrons. The average Bonchev–Trinajstić information content (AvgIpc) is 2.62. The van der Waals surface area contributed by atoms with Gasteiger partial charge in [0.1, 0.15) is 0 Å². The van der Waals surface area contributed by atoms with E-state index in [0.717, 1.165) is 18.2 Å². The van der Waals surface area contributed by atoms with Crippen LogP contribution >= 0.6 is 10.7 Å². The predicted octanol–water partition coefficient (Wildman–Crippen LogP) is 1.36. The standard InChI is InChI=1S/C11H11ClFNO4S/c1-14-5-4-10(11(14)15)18-9-3-2-7(6-8(9)13)19(12,16)17/h2-3,6,10H,4-5H2,1H3. The predicted molar refractivity (Wildman–Crippen MR) is 66.1 cm³/mol. The number of carbonyl (C=O) groups is 1. The van der Waals surface area contributed by atoms with E-state index in [1.54, 1.807) is 7.05 Å². The lowest BCUT2D eigenvalue weighted by Gasteiger charge is -2.13. The molecule has 8 heteroatoms. The highest BCUT2D eigenvalue weighted by atomic mass is 35.7. The Balaban J connectivity index is 2.21. The van der Waals surface area contributed by atoms with Gasteiger partial charge in [-0.3, -0.25) is 4.79 Å². The summed E-state index contributed by atoms with van der Waals surface area (Å²) >= 11 is 0. The zero-order chi connectivity index (χ0) is 14.2. The van der Waals surface area contributed by atoms with Crippen molar-refractivity contribution >= 4 is 25.6 Å². The number of amides is 1. The zero-order valence-electron chi connectivity index (χ0n) is 9.97. The van der Waals surface area contributed by atoms with E-state index in [1.807, 2.05) is 0 Å². The molecule has 1 saturated heterocycles. The fourth-order valence-electron chi connectivity index (χ4n) is 1.78. The number of hydrogen-bond donors (Lipinski definition) is 0. The van der Waals surface area contributed by atoms with Gasteiger partial charge in [-0.05, 0) is 18.2 Å². The van der Waals surface area contributed by atoms with E-state index in [1.165, 1.54) is 4.90 Å². The van der Waals surface area contributed by atoms with Crippen molar-refractivity contribution in [3.05, 3.63) is 24.0 Å². The number of rotatable bonds is 3. The highest BCUT2D eigenvalue weighted by molar-refractivity contribution is 8.13. The second-order valence-corrected chi connectivity index (χ2v) is 6.75. The van der Waals surface area contributed by atoms with Crippen molar-refractivity contribution in [1.29, 1.82) is 0 Å². The lowest BCUT2D eigenvalue weighted by atomic mass is 10.3. The quantitative estimate of drug-likeness (QED) is 0.791. The maximum atomic E-state index is 13.7. The van der Waals surface area contributed by atoms with Gasteiger partial charge >= 0.3 is 0 Å². The molecule has 0 spiro atoms. The first-order valence-electron chi connectivity index (χ1n) is 5.45. The minimum atomic E-state index is -3.99. The summed E-state index contributed by atoms with van der Waals surface area (Å²) in [6.07, 6.45) is -0.275. The fraction of sp³-hybridized carbons (Fsp3) is 0.364. The van der Waals surface area contributed by atoms with Crippen molar-refractivity contribution in [2.45, 2.75) is 17.4 Å². The van der Waals surface area contributed by atoms with Crippen LogP contribution in [0.4, 0.5) is 4.39 Å². The second kappa shape index (κ2) is 4.97. The number of likely N-dealkylation sites (N-methyl/N-ethyl adjacent to an activating group) is 1. The molecule has 1 amide bonds. The van der Waals surface area contributed by atoms with Crippen molar-refractivity contribution in [3.63, 3.8) is 0 Å². The molecule has 0 saturated carbocycles. The van der Waals surface area contributed by atoms with Crippen LogP contribution in [0, 0.1) is 5.82 Å². The van der Waals surface area contributed by atoms with Crippen LogP contribution in [-0.2, 0) is 13.8 Å². The molecular formula is C11H11ClFNO4S. The third kappa shape index (κ3) is 2.98. The van der Waals surface area contributed by atoms with Crippen LogP contribution in [0.15, 0.2) is 23.1 Å². The zero-order valence-corrected chi connectivity index (χ0v) is 11.5. The van der Waals surface area contributed by atoms with E-state index in [9.17, 15) is 17.6 Å². The van der Waals surface area contributed by atoms with Crippen molar-refractivity contribution < 1.29 is 22.3 Å². The molecule has 1 aromatic rings. The van der Waals surface area contributed by atoms with Crippen LogP contribution < -0.4 is 4.74 Å². The van der Waals surface area contributed by atoms with E-state index >= 15 is 0 Å². The van der Waals surface area contributed by atoms with Gasteiger partial charge in [0.2, 0.25) is 0 Å². The maximum Gasteiger partial charge on any atom is 0.263 e. The number of likely N-dealkylation sites (tertiary alicyclic amines) is 1. The Bertz CT molecular complexity index is 619. The topological polar surface area (TPSA) is 63.7 Å². The molecule has 0 aliphatic carbocycles. The van der Waals surface area contributed by atoms with Crippen molar-refractivity contribution in [2.75, 3.05) is 13.6 Å². The first-order chi connectivity index (χ1) is 8.79. The van der Waals surface area contributed by atoms with Crippen LogP contribution in [0.1, 0.15) is 6.42 Å². The highest BCUT2D eigenvalue weighted by Crippen LogP contribution is 2.25. The summed E-state index contributed by atoms with van der Waals surface area (Å²) in [6, 6.07) is 3.04. The van der Waals surface area contributed by atoms with Gasteiger partial charge in [0.25, 0.3) is 15.0 Å². The number of nitrogens with zero attached hydrogens (tertiary/aromatic N) is 1. The average molecular weight is 308 g/mol. The molecule has 0 N–H and O–H groups in total. The number of ether oxygens (including phenoxy) is 1. The Morgan fingerprint density at radius 1 is 1.47 bits per heavy atom. The molecule has 1 fully saturated rings. The molecule has 0 bridgehead atoms. The number of benzene rings is 1. The summed E-state index contributed by atoms with van der Waals surface area (Å²) in [6.45, 7) is 0.541. The summed E-state index contributed by atoms with van der Waals surface area (Å²) in [4.78, 5) is 12.7. The van der Waals surface area contributed by atoms with E-state index in [2.05, 4.69) is 0 Å². The molecular weight excluding hydrogens is 297 g/mol. The fourth-order valence-corrected chi connectivity index (χ4v) is 2.54. The first-order valence-corrected chi connectivity index (χ1v) is 7.76. The summed E-state index contributed by atoms with van der Waals surface area (Å²) in [5.41, 5.74) is 0. The first kappa shape index (κ1) is 14.1. The molecule has 5 nitrogen and oxygen atoms in total. The molecule has 1 atom stereocenters. The molecule has 1 heterocycles. The summed E-state index contributed by atoms with van der Waals surface area (Å²) < 4.78 is 41.0. The third-order valence-corrected chi connectivity index (χ3v) is 4.18. The molecule has 2 rings (SSSR count). The Kier molecular flexibility index (Phi) is 3.69. The highest BCUT2D eigenvalue weighted by Gasteiger charge is 2.31. The van der Waals surface area contributed by atoms with Crippen LogP contribution in [0.25, 0.3) is 0 Å². The van der Waals surface area contributed by atoms with Gasteiger partial charge in [0.05, 0.1) is 4.90 Å². The van der Waals surface area contributed by atoms with Gasteiger partial charge in [0, 0.05) is 30.7 Å². The number of halogens is 2. The normalized spacial score (nSPS) is 19.8. The smallest absolute Gasteiger partial charge is 0.263 e. The third-order valence-electron chi connectivity index (χ3n) is 2.83. The van der Waals surface area contributed by atoms with Crippen LogP contribution in [0.2, 0.25) is 0 Å². The largest absolute Gasteiger partial charge is 0.477 e. The van der Waals surface area contributed by atoms with Gasteiger partial charge in [0.15, 0.2) is 17.7 Å². The number of hydrogen-bond acceptors (Lipinski definition) is 4. The Morgan fingerprint density at radius 2 is 2.16 bits per heavy atom. The molecule has 1 aliphatic heterocycles. The van der Waals surface area contributed by atoms with Crippen LogP contribution in [-0.4, -0.2) is 38.9 Å². The van der Waals surface area contributed by atoms with Crippen LogP contribution in [0.3, 0.4) is 0 Å². The minimum absolute atomic E-state index is 0.169. The second-order valence-electron chi connectivity index (χ2n) is 4.19. The van der Waals surface area contributed by atoms with Gasteiger partial charge < -0.3 is 9.64 Å². The lowest BCUT2D eigenvalue weighted by molar-refractivity contribution is -0.132. The van der Waals surface area contributed by atoms with Gasteiger partial charge in [-0.15, -0.1) is 0 Å². The number of carbonyl (C=O) groups excluding carboxylic acids is 1. The van der Waals surface area contributed by atoms with Gasteiger partial charge in [-0.25, -0.2) is 12.8 Å². The summed E-state index contributed by atoms with van der Waals surface area (Å²) in [5, 5.41) is 0. The van der Waals surface area contributed by atoms with Gasteiger partial charge in [-0.1, -0.05) is 0 Å². The summed E-state index contributed by atoms with van der Waals surface area (Å²) in [7, 11) is 2.74. The minimum Gasteiger partial charge on any atom is -0.477 e. The lowest BCUT2D eigenvalue weighted by Crippen LogP contribution is -2.29. The Morgan fingerprint density at radius 3 is 2.63 bits per heavy atom. The molecule has 1 unspecified atom stereocenters. The van der Waals surface area contributed by atoms with E-state index < -0.39 is 21.0 Å². The Hall–Kier alpha value is -1.34. The SMILES string of the molecule is CN1CCC(Oc2ccc(S(=O)(=O)Cl)cc2F)C1=O. The molecule has 1 aromatic carbocycles. The van der Waals surface area contributed by atoms with Crippen molar-refractivity contribution in [3.8, 4) is 5.75 Å². The van der Waals surface area contributed by atoms with Crippen LogP contribution in [0.5, 0.6) is 5.75 Å².